The number of nitrogens with one attached hydrogen (secondary N) is 1. The quantitative estimate of drug-likeness (QED) is 0.293. The van der Waals surface area contributed by atoms with E-state index >= 15 is 0 Å². The van der Waals surface area contributed by atoms with Crippen LogP contribution in [0.1, 0.15) is 64.8 Å². The van der Waals surface area contributed by atoms with Crippen LogP contribution in [0.25, 0.3) is 10.8 Å². The minimum absolute atomic E-state index is 0.162. The Labute approximate surface area is 195 Å². The van der Waals surface area contributed by atoms with Crippen LogP contribution >= 0.6 is 0 Å². The van der Waals surface area contributed by atoms with Crippen LogP contribution in [-0.4, -0.2) is 36.9 Å². The Balaban J connectivity index is 1.13. The van der Waals surface area contributed by atoms with Gasteiger partial charge in [-0.05, 0) is 43.0 Å². The maximum Gasteiger partial charge on any atom is 0.261 e. The first-order chi connectivity index (χ1) is 16.2. The van der Waals surface area contributed by atoms with Gasteiger partial charge in [0.05, 0.1) is 7.11 Å². The molecular weight excluding hydrogens is 412 g/mol. The molecule has 0 spiro atoms. The highest BCUT2D eigenvalue weighted by atomic mass is 16.5. The fraction of sp³-hybridized carbons (Fsp3) is 0.357. The summed E-state index contributed by atoms with van der Waals surface area (Å²) in [4.78, 5) is 27.3. The molecule has 1 heterocycles. The standard InChI is InChI=1S/C28H32N2O3/c1-33-25-17-7-6-12-22(25)20-29-18-8-4-2-3-5-9-19-30-27(31)23-15-10-13-21-14-11-16-24(26(21)23)28(30)32/h6-7,10-17,29H,2-5,8-9,18-20H2,1H3. The van der Waals surface area contributed by atoms with E-state index in [1.807, 2.05) is 54.6 Å². The van der Waals surface area contributed by atoms with E-state index in [0.717, 1.165) is 55.3 Å². The van der Waals surface area contributed by atoms with Crippen LogP contribution < -0.4 is 10.1 Å². The van der Waals surface area contributed by atoms with E-state index in [1.54, 1.807) is 7.11 Å². The summed E-state index contributed by atoms with van der Waals surface area (Å²) in [5.41, 5.74) is 2.47. The molecule has 1 N–H and O–H groups in total. The molecule has 1 aliphatic heterocycles. The highest BCUT2D eigenvalue weighted by Gasteiger charge is 2.31. The average molecular weight is 445 g/mol. The number of benzene rings is 3. The zero-order valence-electron chi connectivity index (χ0n) is 19.3. The van der Waals surface area contributed by atoms with Gasteiger partial charge in [0.1, 0.15) is 5.75 Å². The molecule has 0 bridgehead atoms. The lowest BCUT2D eigenvalue weighted by atomic mass is 9.94. The van der Waals surface area contributed by atoms with Crippen LogP contribution in [0.3, 0.4) is 0 Å². The topological polar surface area (TPSA) is 58.6 Å². The van der Waals surface area contributed by atoms with Gasteiger partial charge in [0.15, 0.2) is 0 Å². The SMILES string of the molecule is COc1ccccc1CNCCCCCCCCN1C(=O)c2cccc3cccc(c23)C1=O. The lowest BCUT2D eigenvalue weighted by Gasteiger charge is -2.27. The lowest BCUT2D eigenvalue weighted by molar-refractivity contribution is 0.0607. The molecule has 0 aliphatic carbocycles. The number of carbonyl (C=O) groups excluding carboxylic acids is 2. The second kappa shape index (κ2) is 11.1. The van der Waals surface area contributed by atoms with Crippen LogP contribution in [0.4, 0.5) is 0 Å². The maximum absolute atomic E-state index is 12.9. The molecule has 0 saturated heterocycles. The number of nitrogens with zero attached hydrogens (tertiary/aromatic N) is 1. The van der Waals surface area contributed by atoms with E-state index < -0.39 is 0 Å². The fourth-order valence-electron chi connectivity index (χ4n) is 4.58. The number of hydrogen-bond acceptors (Lipinski definition) is 4. The van der Waals surface area contributed by atoms with E-state index in [-0.39, 0.29) is 11.8 Å². The van der Waals surface area contributed by atoms with Gasteiger partial charge in [-0.2, -0.15) is 0 Å². The summed E-state index contributed by atoms with van der Waals surface area (Å²) in [6.45, 7) is 2.29. The molecule has 0 radical (unpaired) electrons. The normalized spacial score (nSPS) is 13.1. The minimum atomic E-state index is -0.162. The molecule has 2 amide bonds. The Kier molecular flexibility index (Phi) is 7.74. The number of hydrogen-bond donors (Lipinski definition) is 1. The average Bonchev–Trinajstić information content (AvgIpc) is 2.85. The molecule has 4 rings (SSSR count). The molecule has 5 nitrogen and oxygen atoms in total. The first-order valence-electron chi connectivity index (χ1n) is 11.9. The first kappa shape index (κ1) is 23.0. The molecule has 0 fully saturated rings. The fourth-order valence-corrected chi connectivity index (χ4v) is 4.58. The third-order valence-corrected chi connectivity index (χ3v) is 6.35. The van der Waals surface area contributed by atoms with Crippen molar-refractivity contribution in [3.63, 3.8) is 0 Å². The summed E-state index contributed by atoms with van der Waals surface area (Å²) >= 11 is 0. The monoisotopic (exact) mass is 444 g/mol. The van der Waals surface area contributed by atoms with Gasteiger partial charge in [0.25, 0.3) is 11.8 Å². The second-order valence-corrected chi connectivity index (χ2v) is 8.58. The van der Waals surface area contributed by atoms with Gasteiger partial charge in [-0.25, -0.2) is 0 Å². The van der Waals surface area contributed by atoms with Gasteiger partial charge in [-0.1, -0.05) is 68.1 Å². The highest BCUT2D eigenvalue weighted by molar-refractivity contribution is 6.25. The number of unbranched alkanes of at least 4 members (excludes halogenated alkanes) is 5. The van der Waals surface area contributed by atoms with Crippen LogP contribution in [0.15, 0.2) is 60.7 Å². The number of rotatable bonds is 12. The molecular formula is C28H32N2O3. The van der Waals surface area contributed by atoms with Crippen molar-refractivity contribution in [2.75, 3.05) is 20.2 Å². The van der Waals surface area contributed by atoms with Crippen LogP contribution in [0.5, 0.6) is 5.75 Å². The summed E-state index contributed by atoms with van der Waals surface area (Å²) in [7, 11) is 1.70. The Morgan fingerprint density at radius 2 is 1.39 bits per heavy atom. The number of carbonyl (C=O) groups is 2. The molecule has 172 valence electrons. The molecule has 3 aromatic carbocycles. The van der Waals surface area contributed by atoms with Gasteiger partial charge < -0.3 is 10.1 Å². The predicted octanol–water partition coefficient (Wildman–Crippen LogP) is 5.57. The molecule has 5 heteroatoms. The molecule has 0 saturated carbocycles. The van der Waals surface area contributed by atoms with Crippen molar-refractivity contribution in [2.24, 2.45) is 0 Å². The van der Waals surface area contributed by atoms with Crippen LogP contribution in [-0.2, 0) is 6.54 Å². The number of ether oxygens (including phenoxy) is 1. The van der Waals surface area contributed by atoms with Crippen LogP contribution in [0.2, 0.25) is 0 Å². The van der Waals surface area contributed by atoms with Crippen molar-refractivity contribution in [1.82, 2.24) is 10.2 Å². The molecule has 0 atom stereocenters. The lowest BCUT2D eigenvalue weighted by Crippen LogP contribution is -2.40. The maximum atomic E-state index is 12.9. The van der Waals surface area contributed by atoms with Gasteiger partial charge in [0, 0.05) is 35.2 Å². The first-order valence-corrected chi connectivity index (χ1v) is 11.9. The molecule has 0 unspecified atom stereocenters. The Bertz CT molecular complexity index is 1070. The summed E-state index contributed by atoms with van der Waals surface area (Å²) in [6.07, 6.45) is 6.48. The molecule has 0 aromatic heterocycles. The van der Waals surface area contributed by atoms with Crippen LogP contribution in [0, 0.1) is 0 Å². The highest BCUT2D eigenvalue weighted by Crippen LogP contribution is 2.30. The Morgan fingerprint density at radius 1 is 0.758 bits per heavy atom. The van der Waals surface area contributed by atoms with Crippen molar-refractivity contribution >= 4 is 22.6 Å². The minimum Gasteiger partial charge on any atom is -0.496 e. The number of para-hydroxylation sites is 1. The van der Waals surface area contributed by atoms with E-state index in [2.05, 4.69) is 11.4 Å². The smallest absolute Gasteiger partial charge is 0.261 e. The number of methoxy groups -OCH3 is 1. The van der Waals surface area contributed by atoms with Crippen molar-refractivity contribution in [3.8, 4) is 5.75 Å². The van der Waals surface area contributed by atoms with Crippen molar-refractivity contribution in [1.29, 1.82) is 0 Å². The summed E-state index contributed by atoms with van der Waals surface area (Å²) < 4.78 is 5.38. The third-order valence-electron chi connectivity index (χ3n) is 6.35. The summed E-state index contributed by atoms with van der Waals surface area (Å²) in [5, 5.41) is 5.23. The molecule has 33 heavy (non-hydrogen) atoms. The van der Waals surface area contributed by atoms with Gasteiger partial charge >= 0.3 is 0 Å². The second-order valence-electron chi connectivity index (χ2n) is 8.58. The largest absolute Gasteiger partial charge is 0.496 e. The van der Waals surface area contributed by atoms with E-state index in [1.165, 1.54) is 23.3 Å². The Morgan fingerprint density at radius 3 is 2.09 bits per heavy atom. The van der Waals surface area contributed by atoms with Crippen molar-refractivity contribution in [3.05, 3.63) is 77.4 Å². The predicted molar refractivity (Wildman–Crippen MR) is 132 cm³/mol. The summed E-state index contributed by atoms with van der Waals surface area (Å²) in [6, 6.07) is 19.4. The van der Waals surface area contributed by atoms with Crippen molar-refractivity contribution < 1.29 is 14.3 Å². The number of amides is 2. The molecule has 1 aliphatic rings. The van der Waals surface area contributed by atoms with E-state index in [9.17, 15) is 9.59 Å². The van der Waals surface area contributed by atoms with E-state index in [4.69, 9.17) is 4.74 Å². The Hall–Kier alpha value is -3.18. The zero-order chi connectivity index (χ0) is 23.0. The number of imide groups is 1. The van der Waals surface area contributed by atoms with Gasteiger partial charge in [-0.3, -0.25) is 14.5 Å². The molecule has 3 aromatic rings. The van der Waals surface area contributed by atoms with Gasteiger partial charge in [-0.15, -0.1) is 0 Å². The zero-order valence-corrected chi connectivity index (χ0v) is 19.3. The van der Waals surface area contributed by atoms with Gasteiger partial charge in [0.2, 0.25) is 0 Å². The van der Waals surface area contributed by atoms with E-state index in [0.29, 0.717) is 17.7 Å². The third kappa shape index (κ3) is 5.25. The van der Waals surface area contributed by atoms with Crippen molar-refractivity contribution in [2.45, 2.75) is 45.1 Å². The summed E-state index contributed by atoms with van der Waals surface area (Å²) in [5.74, 6) is 0.603.